The molecule has 29 heavy (non-hydrogen) atoms. The lowest BCUT2D eigenvalue weighted by Gasteiger charge is -2.36. The molecule has 0 aromatic heterocycles. The fourth-order valence-electron chi connectivity index (χ4n) is 3.52. The van der Waals surface area contributed by atoms with Crippen molar-refractivity contribution in [1.29, 1.82) is 0 Å². The van der Waals surface area contributed by atoms with Crippen LogP contribution in [0.15, 0.2) is 69.5 Å². The van der Waals surface area contributed by atoms with Gasteiger partial charge in [0.15, 0.2) is 0 Å². The third kappa shape index (κ3) is 4.95. The van der Waals surface area contributed by atoms with Gasteiger partial charge in [-0.15, -0.1) is 0 Å². The summed E-state index contributed by atoms with van der Waals surface area (Å²) in [5, 5.41) is 0.736. The van der Waals surface area contributed by atoms with Gasteiger partial charge in [-0.25, -0.2) is 4.99 Å². The molecule has 7 heteroatoms. The molecule has 2 N–H and O–H groups in total. The van der Waals surface area contributed by atoms with Crippen LogP contribution >= 0.6 is 23.4 Å². The van der Waals surface area contributed by atoms with Crippen molar-refractivity contribution in [3.05, 3.63) is 65.3 Å². The Bertz CT molecular complexity index is 925. The van der Waals surface area contributed by atoms with Gasteiger partial charge in [0.25, 0.3) is 0 Å². The van der Waals surface area contributed by atoms with Crippen LogP contribution in [0.2, 0.25) is 5.02 Å². The van der Waals surface area contributed by atoms with Crippen molar-refractivity contribution in [2.45, 2.75) is 9.79 Å². The molecular formula is C22H25ClN4OS. The lowest BCUT2D eigenvalue weighted by atomic mass is 10.1. The van der Waals surface area contributed by atoms with Crippen LogP contribution in [0.1, 0.15) is 5.56 Å². The molecule has 0 spiro atoms. The normalized spacial score (nSPS) is 16.6. The summed E-state index contributed by atoms with van der Waals surface area (Å²) in [6, 6.07) is 14.4. The molecule has 4 rings (SSSR count). The molecule has 0 bridgehead atoms. The minimum atomic E-state index is 0.422. The lowest BCUT2D eigenvalue weighted by Crippen LogP contribution is -2.49. The minimum absolute atomic E-state index is 0.422. The maximum Gasteiger partial charge on any atom is 0.137 e. The Kier molecular flexibility index (Phi) is 6.45. The van der Waals surface area contributed by atoms with Crippen LogP contribution in [0.3, 0.4) is 0 Å². The van der Waals surface area contributed by atoms with Gasteiger partial charge >= 0.3 is 0 Å². The highest BCUT2D eigenvalue weighted by Gasteiger charge is 2.25. The summed E-state index contributed by atoms with van der Waals surface area (Å²) in [6.07, 6.45) is 0. The topological polar surface area (TPSA) is 54.1 Å². The molecule has 1 fully saturated rings. The maximum absolute atomic E-state index is 6.34. The molecular weight excluding hydrogens is 404 g/mol. The van der Waals surface area contributed by atoms with Crippen LogP contribution in [0.5, 0.6) is 0 Å². The van der Waals surface area contributed by atoms with E-state index in [4.69, 9.17) is 27.1 Å². The molecule has 0 radical (unpaired) electrons. The molecule has 0 unspecified atom stereocenters. The third-order valence-electron chi connectivity index (χ3n) is 5.01. The van der Waals surface area contributed by atoms with Gasteiger partial charge in [0.05, 0.1) is 18.9 Å². The molecule has 0 atom stereocenters. The molecule has 2 aromatic carbocycles. The van der Waals surface area contributed by atoms with Gasteiger partial charge in [-0.2, -0.15) is 0 Å². The van der Waals surface area contributed by atoms with E-state index >= 15 is 0 Å². The first-order valence-corrected chi connectivity index (χ1v) is 10.9. The summed E-state index contributed by atoms with van der Waals surface area (Å²) in [4.78, 5) is 12.2. The average molecular weight is 429 g/mol. The van der Waals surface area contributed by atoms with Crippen molar-refractivity contribution in [3.63, 3.8) is 0 Å². The zero-order chi connectivity index (χ0) is 20.2. The third-order valence-corrected chi connectivity index (χ3v) is 6.38. The average Bonchev–Trinajstić information content (AvgIpc) is 2.88. The summed E-state index contributed by atoms with van der Waals surface area (Å²) < 4.78 is 5.54. The Morgan fingerprint density at radius 3 is 2.72 bits per heavy atom. The molecule has 5 nitrogen and oxygen atoms in total. The quantitative estimate of drug-likeness (QED) is 0.730. The molecule has 2 aliphatic heterocycles. The zero-order valence-corrected chi connectivity index (χ0v) is 17.9. The van der Waals surface area contributed by atoms with E-state index in [0.29, 0.717) is 18.9 Å². The first-order valence-electron chi connectivity index (χ1n) is 9.74. The smallest absolute Gasteiger partial charge is 0.137 e. The van der Waals surface area contributed by atoms with E-state index in [1.165, 1.54) is 9.79 Å². The summed E-state index contributed by atoms with van der Waals surface area (Å²) in [5.41, 5.74) is 8.23. The second kappa shape index (κ2) is 9.22. The SMILES string of the molecule is C=C(N)COCCN1CCN(C2=Nc3ccccc3Sc3ccc(Cl)cc32)CC1. The summed E-state index contributed by atoms with van der Waals surface area (Å²) >= 11 is 8.09. The first-order chi connectivity index (χ1) is 14.1. The highest BCUT2D eigenvalue weighted by Crippen LogP contribution is 2.41. The number of nitrogens with zero attached hydrogens (tertiary/aromatic N) is 3. The fourth-order valence-corrected chi connectivity index (χ4v) is 4.69. The Morgan fingerprint density at radius 2 is 1.93 bits per heavy atom. The number of halogens is 1. The van der Waals surface area contributed by atoms with E-state index in [0.717, 1.165) is 54.8 Å². The highest BCUT2D eigenvalue weighted by molar-refractivity contribution is 7.99. The molecule has 0 amide bonds. The van der Waals surface area contributed by atoms with Crippen molar-refractivity contribution < 1.29 is 4.74 Å². The van der Waals surface area contributed by atoms with Gasteiger partial charge < -0.3 is 15.4 Å². The standard InChI is InChI=1S/C22H25ClN4OS/c1-16(24)15-28-13-12-26-8-10-27(11-9-26)22-18-14-17(23)6-7-20(18)29-21-5-3-2-4-19(21)25-22/h2-7,14H,1,8-13,15,24H2. The van der Waals surface area contributed by atoms with E-state index in [2.05, 4.69) is 40.6 Å². The number of amidine groups is 1. The van der Waals surface area contributed by atoms with Crippen LogP contribution in [-0.2, 0) is 4.74 Å². The second-order valence-corrected chi connectivity index (χ2v) is 8.71. The van der Waals surface area contributed by atoms with Crippen molar-refractivity contribution in [1.82, 2.24) is 9.80 Å². The van der Waals surface area contributed by atoms with Gasteiger partial charge in [-0.3, -0.25) is 4.90 Å². The number of aliphatic imine (C=N–C) groups is 1. The molecule has 2 aromatic rings. The number of fused-ring (bicyclic) bond motifs is 2. The number of nitrogens with two attached hydrogens (primary N) is 1. The Hall–Kier alpha value is -1.99. The molecule has 2 heterocycles. The van der Waals surface area contributed by atoms with Gasteiger partial charge in [-0.05, 0) is 30.3 Å². The first kappa shape index (κ1) is 20.3. The number of benzene rings is 2. The predicted molar refractivity (Wildman–Crippen MR) is 120 cm³/mol. The van der Waals surface area contributed by atoms with Crippen LogP contribution in [-0.4, -0.2) is 61.6 Å². The number of hydrogen-bond acceptors (Lipinski definition) is 6. The molecule has 152 valence electrons. The van der Waals surface area contributed by atoms with Crippen molar-refractivity contribution >= 4 is 34.9 Å². The zero-order valence-electron chi connectivity index (χ0n) is 16.3. The van der Waals surface area contributed by atoms with Gasteiger partial charge in [0.1, 0.15) is 5.84 Å². The van der Waals surface area contributed by atoms with E-state index in [1.54, 1.807) is 11.8 Å². The van der Waals surface area contributed by atoms with Crippen molar-refractivity contribution in [2.24, 2.45) is 10.7 Å². The molecule has 2 aliphatic rings. The number of rotatable bonds is 5. The predicted octanol–water partition coefficient (Wildman–Crippen LogP) is 3.99. The van der Waals surface area contributed by atoms with E-state index in [1.807, 2.05) is 18.2 Å². The van der Waals surface area contributed by atoms with Gasteiger partial charge in [0, 0.05) is 58.8 Å². The van der Waals surface area contributed by atoms with Crippen LogP contribution in [0, 0.1) is 0 Å². The number of piperazine rings is 1. The molecule has 0 aliphatic carbocycles. The molecule has 0 saturated carbocycles. The molecule has 1 saturated heterocycles. The number of para-hydroxylation sites is 1. The largest absolute Gasteiger partial charge is 0.401 e. The summed E-state index contributed by atoms with van der Waals surface area (Å²) in [5.74, 6) is 1.01. The van der Waals surface area contributed by atoms with E-state index in [9.17, 15) is 0 Å². The Labute approximate surface area is 181 Å². The number of hydrogen-bond donors (Lipinski definition) is 1. The lowest BCUT2D eigenvalue weighted by molar-refractivity contribution is 0.100. The monoisotopic (exact) mass is 428 g/mol. The minimum Gasteiger partial charge on any atom is -0.401 e. The summed E-state index contributed by atoms with van der Waals surface area (Å²) in [7, 11) is 0. The highest BCUT2D eigenvalue weighted by atomic mass is 35.5. The fraction of sp³-hybridized carbons (Fsp3) is 0.318. The van der Waals surface area contributed by atoms with Gasteiger partial charge in [0.2, 0.25) is 0 Å². The van der Waals surface area contributed by atoms with E-state index < -0.39 is 0 Å². The van der Waals surface area contributed by atoms with Crippen molar-refractivity contribution in [2.75, 3.05) is 45.9 Å². The van der Waals surface area contributed by atoms with Crippen LogP contribution in [0.25, 0.3) is 0 Å². The van der Waals surface area contributed by atoms with Crippen LogP contribution in [0.4, 0.5) is 5.69 Å². The Balaban J connectivity index is 1.50. The van der Waals surface area contributed by atoms with Gasteiger partial charge in [-0.1, -0.05) is 42.1 Å². The van der Waals surface area contributed by atoms with Crippen molar-refractivity contribution in [3.8, 4) is 0 Å². The van der Waals surface area contributed by atoms with E-state index in [-0.39, 0.29) is 0 Å². The maximum atomic E-state index is 6.34. The van der Waals surface area contributed by atoms with Crippen LogP contribution < -0.4 is 5.73 Å². The Morgan fingerprint density at radius 1 is 1.14 bits per heavy atom. The second-order valence-electron chi connectivity index (χ2n) is 7.19. The summed E-state index contributed by atoms with van der Waals surface area (Å²) in [6.45, 7) is 9.42. The number of ether oxygens (including phenoxy) is 1.